The second-order valence-corrected chi connectivity index (χ2v) is 8.53. The minimum Gasteiger partial charge on any atom is -0.365 e. The summed E-state index contributed by atoms with van der Waals surface area (Å²) in [5.41, 5.74) is 5.80. The number of aromatic amines is 1. The number of hydrogen-bond donors (Lipinski definition) is 3. The van der Waals surface area contributed by atoms with Gasteiger partial charge < -0.3 is 15.6 Å². The summed E-state index contributed by atoms with van der Waals surface area (Å²) in [5.74, 6) is -0.370. The first-order valence-corrected chi connectivity index (χ1v) is 11.6. The Kier molecular flexibility index (Phi) is 6.55. The quantitative estimate of drug-likeness (QED) is 0.290. The van der Waals surface area contributed by atoms with E-state index in [2.05, 4.69) is 30.6 Å². The van der Waals surface area contributed by atoms with Crippen molar-refractivity contribution in [2.75, 3.05) is 5.32 Å². The van der Waals surface area contributed by atoms with E-state index in [4.69, 9.17) is 0 Å². The lowest BCUT2D eigenvalue weighted by atomic mass is 10.1. The smallest absolute Gasteiger partial charge is 0.255 e. The molecule has 9 heteroatoms. The third-order valence-corrected chi connectivity index (χ3v) is 6.00. The van der Waals surface area contributed by atoms with Crippen LogP contribution in [-0.2, 0) is 6.54 Å². The third-order valence-electron chi connectivity index (χ3n) is 6.00. The lowest BCUT2D eigenvalue weighted by molar-refractivity contribution is 0.0940. The number of nitriles is 1. The number of halogens is 1. The van der Waals surface area contributed by atoms with Gasteiger partial charge in [0.25, 0.3) is 5.91 Å². The molecule has 0 bridgehead atoms. The van der Waals surface area contributed by atoms with E-state index < -0.39 is 0 Å². The van der Waals surface area contributed by atoms with Gasteiger partial charge in [0.2, 0.25) is 0 Å². The van der Waals surface area contributed by atoms with Gasteiger partial charge in [-0.15, -0.1) is 0 Å². The molecule has 1 unspecified atom stereocenters. The van der Waals surface area contributed by atoms with Crippen LogP contribution in [0.1, 0.15) is 40.0 Å². The van der Waals surface area contributed by atoms with Gasteiger partial charge in [0.1, 0.15) is 17.7 Å². The molecule has 37 heavy (non-hydrogen) atoms. The Morgan fingerprint density at radius 1 is 1.03 bits per heavy atom. The number of rotatable bonds is 7. The fourth-order valence-corrected chi connectivity index (χ4v) is 3.94. The molecule has 0 saturated carbocycles. The van der Waals surface area contributed by atoms with Crippen molar-refractivity contribution < 1.29 is 9.18 Å². The van der Waals surface area contributed by atoms with Crippen molar-refractivity contribution in [3.63, 3.8) is 0 Å². The van der Waals surface area contributed by atoms with Crippen molar-refractivity contribution in [2.45, 2.75) is 19.5 Å². The van der Waals surface area contributed by atoms with Crippen molar-refractivity contribution in [1.82, 2.24) is 25.3 Å². The monoisotopic (exact) mass is 491 g/mol. The zero-order chi connectivity index (χ0) is 25.8. The highest BCUT2D eigenvalue weighted by Crippen LogP contribution is 2.23. The highest BCUT2D eigenvalue weighted by molar-refractivity contribution is 5.99. The number of pyridine rings is 2. The second kappa shape index (κ2) is 10.3. The average molecular weight is 492 g/mol. The third kappa shape index (κ3) is 5.28. The van der Waals surface area contributed by atoms with Crippen LogP contribution in [0, 0.1) is 17.1 Å². The van der Waals surface area contributed by atoms with Crippen LogP contribution in [0.3, 0.4) is 0 Å². The summed E-state index contributed by atoms with van der Waals surface area (Å²) in [6.07, 6.45) is 4.82. The van der Waals surface area contributed by atoms with Gasteiger partial charge in [0.05, 0.1) is 29.0 Å². The van der Waals surface area contributed by atoms with Crippen LogP contribution in [0.15, 0.2) is 79.4 Å². The number of H-pyrrole nitrogens is 1. The number of hydrogen-bond acceptors (Lipinski definition) is 6. The van der Waals surface area contributed by atoms with E-state index >= 15 is 0 Å². The number of nitrogens with zero attached hydrogens (tertiary/aromatic N) is 4. The Morgan fingerprint density at radius 3 is 2.57 bits per heavy atom. The number of carbonyl (C=O) groups excluding carboxylic acids is 1. The maximum atomic E-state index is 13.3. The minimum absolute atomic E-state index is 0.253. The first-order valence-electron chi connectivity index (χ1n) is 11.6. The Bertz CT molecular complexity index is 1600. The second-order valence-electron chi connectivity index (χ2n) is 8.53. The van der Waals surface area contributed by atoms with E-state index in [-0.39, 0.29) is 28.9 Å². The molecule has 0 aliphatic heterocycles. The van der Waals surface area contributed by atoms with Crippen molar-refractivity contribution in [3.8, 4) is 17.2 Å². The van der Waals surface area contributed by atoms with Crippen LogP contribution >= 0.6 is 0 Å². The normalized spacial score (nSPS) is 11.6. The molecule has 0 saturated heterocycles. The Balaban J connectivity index is 1.30. The lowest BCUT2D eigenvalue weighted by Crippen LogP contribution is -2.28. The highest BCUT2D eigenvalue weighted by Gasteiger charge is 2.17. The molecule has 0 aliphatic rings. The molecule has 0 fully saturated rings. The first-order chi connectivity index (χ1) is 18.0. The number of imidazole rings is 1. The van der Waals surface area contributed by atoms with Gasteiger partial charge in [-0.1, -0.05) is 36.4 Å². The summed E-state index contributed by atoms with van der Waals surface area (Å²) in [5, 5.41) is 15.4. The van der Waals surface area contributed by atoms with E-state index in [1.54, 1.807) is 31.6 Å². The maximum Gasteiger partial charge on any atom is 0.255 e. The molecule has 0 radical (unpaired) electrons. The number of amides is 1. The number of anilines is 1. The topological polar surface area (TPSA) is 119 Å². The Morgan fingerprint density at radius 2 is 1.81 bits per heavy atom. The lowest BCUT2D eigenvalue weighted by Gasteiger charge is -2.16. The van der Waals surface area contributed by atoms with Gasteiger partial charge in [-0.3, -0.25) is 4.79 Å². The molecule has 0 aliphatic carbocycles. The molecule has 0 spiro atoms. The van der Waals surface area contributed by atoms with Gasteiger partial charge in [-0.25, -0.2) is 19.3 Å². The van der Waals surface area contributed by atoms with Crippen molar-refractivity contribution >= 4 is 22.9 Å². The summed E-state index contributed by atoms with van der Waals surface area (Å²) in [6, 6.07) is 19.1. The summed E-state index contributed by atoms with van der Waals surface area (Å²) in [6.45, 7) is 2.23. The van der Waals surface area contributed by atoms with E-state index in [9.17, 15) is 14.4 Å². The molecule has 5 aromatic rings. The van der Waals surface area contributed by atoms with Crippen LogP contribution in [0.25, 0.3) is 22.3 Å². The number of aromatic nitrogens is 4. The molecule has 3 heterocycles. The largest absolute Gasteiger partial charge is 0.365 e. The predicted molar refractivity (Wildman–Crippen MR) is 138 cm³/mol. The maximum absolute atomic E-state index is 13.3. The van der Waals surface area contributed by atoms with E-state index in [1.807, 2.05) is 36.4 Å². The number of fused-ring (bicyclic) bond motifs is 1. The first kappa shape index (κ1) is 23.6. The van der Waals surface area contributed by atoms with Crippen molar-refractivity contribution in [2.24, 2.45) is 0 Å². The van der Waals surface area contributed by atoms with Gasteiger partial charge in [0.15, 0.2) is 5.65 Å². The zero-order valence-electron chi connectivity index (χ0n) is 19.9. The summed E-state index contributed by atoms with van der Waals surface area (Å²) >= 11 is 0. The van der Waals surface area contributed by atoms with Gasteiger partial charge >= 0.3 is 0 Å². The molecule has 3 aromatic heterocycles. The summed E-state index contributed by atoms with van der Waals surface area (Å²) in [7, 11) is 0. The minimum atomic E-state index is -0.388. The number of carbonyl (C=O) groups is 1. The van der Waals surface area contributed by atoms with Gasteiger partial charge in [0, 0.05) is 24.5 Å². The molecule has 1 atom stereocenters. The molecule has 182 valence electrons. The van der Waals surface area contributed by atoms with Crippen LogP contribution in [-0.4, -0.2) is 25.8 Å². The summed E-state index contributed by atoms with van der Waals surface area (Å²) in [4.78, 5) is 29.0. The molecule has 8 nitrogen and oxygen atoms in total. The van der Waals surface area contributed by atoms with E-state index in [0.717, 1.165) is 27.8 Å². The van der Waals surface area contributed by atoms with Gasteiger partial charge in [-0.05, 0) is 47.9 Å². The predicted octanol–water partition coefficient (Wildman–Crippen LogP) is 5.13. The van der Waals surface area contributed by atoms with E-state index in [0.29, 0.717) is 18.0 Å². The Hall–Kier alpha value is -5.10. The molecular weight excluding hydrogens is 469 g/mol. The molecule has 5 rings (SSSR count). The van der Waals surface area contributed by atoms with Crippen LogP contribution in [0.2, 0.25) is 0 Å². The van der Waals surface area contributed by atoms with Crippen molar-refractivity contribution in [3.05, 3.63) is 107 Å². The molecule has 3 N–H and O–H groups in total. The zero-order valence-corrected chi connectivity index (χ0v) is 19.9. The number of nitrogens with one attached hydrogen (secondary N) is 3. The van der Waals surface area contributed by atoms with Crippen LogP contribution in [0.4, 0.5) is 10.2 Å². The molecule has 1 amide bonds. The molecule has 2 aromatic carbocycles. The fraction of sp³-hybridized carbons (Fsp3) is 0.107. The van der Waals surface area contributed by atoms with Gasteiger partial charge in [-0.2, -0.15) is 5.26 Å². The van der Waals surface area contributed by atoms with Crippen LogP contribution in [0.5, 0.6) is 0 Å². The highest BCUT2D eigenvalue weighted by atomic mass is 19.1. The Labute approximate surface area is 212 Å². The fourth-order valence-electron chi connectivity index (χ4n) is 3.94. The number of benzene rings is 2. The SMILES string of the molecule is CC(NC(=O)c1cc(C#N)cnc1NCc1ccc(-c2cnc3nc[nH]c3c2)cc1)c1ccc(F)cc1. The van der Waals surface area contributed by atoms with Crippen molar-refractivity contribution in [1.29, 1.82) is 5.26 Å². The standard InChI is InChI=1S/C28H22FN7O/c1-17(20-6-8-23(29)9-7-20)36-28(37)24-10-19(12-30)14-32-26(24)31-13-18-2-4-21(5-3-18)22-11-25-27(33-15-22)35-16-34-25/h2-11,14-17H,13H2,1H3,(H,31,32)(H,36,37)(H,33,34,35). The summed E-state index contributed by atoms with van der Waals surface area (Å²) < 4.78 is 13.3. The molecular formula is C28H22FN7O. The van der Waals surface area contributed by atoms with Crippen LogP contribution < -0.4 is 10.6 Å². The van der Waals surface area contributed by atoms with E-state index in [1.165, 1.54) is 24.4 Å². The average Bonchev–Trinajstić information content (AvgIpc) is 3.40.